The van der Waals surface area contributed by atoms with Crippen molar-refractivity contribution in [1.29, 1.82) is 0 Å². The van der Waals surface area contributed by atoms with Crippen molar-refractivity contribution in [2.75, 3.05) is 6.26 Å². The third-order valence-corrected chi connectivity index (χ3v) is 4.59. The summed E-state index contributed by atoms with van der Waals surface area (Å²) in [6.07, 6.45) is 6.04. The van der Waals surface area contributed by atoms with Gasteiger partial charge in [-0.1, -0.05) is 13.8 Å². The zero-order valence-electron chi connectivity index (χ0n) is 9.60. The van der Waals surface area contributed by atoms with Crippen molar-refractivity contribution >= 4 is 11.8 Å². The van der Waals surface area contributed by atoms with Gasteiger partial charge < -0.3 is 9.67 Å². The van der Waals surface area contributed by atoms with E-state index in [0.717, 1.165) is 19.4 Å². The number of thioether (sulfide) groups is 1. The summed E-state index contributed by atoms with van der Waals surface area (Å²) in [6, 6.07) is 0. The van der Waals surface area contributed by atoms with Gasteiger partial charge in [-0.3, -0.25) is 0 Å². The maximum absolute atomic E-state index is 9.09. The molecule has 0 saturated carbocycles. The molecule has 0 aliphatic carbocycles. The van der Waals surface area contributed by atoms with Crippen LogP contribution < -0.4 is 0 Å². The molecule has 0 fully saturated rings. The fourth-order valence-electron chi connectivity index (χ4n) is 1.67. The molecule has 1 heterocycles. The van der Waals surface area contributed by atoms with Crippen LogP contribution >= 0.6 is 11.8 Å². The molecule has 86 valence electrons. The highest BCUT2D eigenvalue weighted by molar-refractivity contribution is 8.00. The van der Waals surface area contributed by atoms with E-state index in [2.05, 4.69) is 30.3 Å². The first-order chi connectivity index (χ1) is 7.21. The average Bonchev–Trinajstić information content (AvgIpc) is 2.73. The first-order valence-electron chi connectivity index (χ1n) is 5.24. The maximum Gasteiger partial charge on any atom is 0.158 e. The molecule has 1 aromatic heterocycles. The summed E-state index contributed by atoms with van der Waals surface area (Å²) in [5.74, 6) is 0.648. The molecule has 0 atom stereocenters. The quantitative estimate of drug-likeness (QED) is 0.806. The fourth-order valence-corrected chi connectivity index (χ4v) is 2.52. The number of rotatable bonds is 6. The zero-order valence-corrected chi connectivity index (χ0v) is 10.4. The summed E-state index contributed by atoms with van der Waals surface area (Å²) >= 11 is 1.88. The van der Waals surface area contributed by atoms with Crippen molar-refractivity contribution < 1.29 is 5.11 Å². The molecule has 0 amide bonds. The van der Waals surface area contributed by atoms with E-state index in [0.29, 0.717) is 5.82 Å². The highest BCUT2D eigenvalue weighted by Gasteiger charge is 2.26. The summed E-state index contributed by atoms with van der Waals surface area (Å²) in [5, 5.41) is 16.8. The third-order valence-electron chi connectivity index (χ3n) is 3.02. The smallest absolute Gasteiger partial charge is 0.158 e. The molecule has 0 aliphatic heterocycles. The summed E-state index contributed by atoms with van der Waals surface area (Å²) in [4.78, 5) is 0. The summed E-state index contributed by atoms with van der Waals surface area (Å²) < 4.78 is 2.18. The lowest BCUT2D eigenvalue weighted by molar-refractivity contribution is 0.261. The van der Waals surface area contributed by atoms with Gasteiger partial charge in [0.25, 0.3) is 0 Å². The number of aliphatic hydroxyl groups excluding tert-OH is 1. The average molecular weight is 229 g/mol. The largest absolute Gasteiger partial charge is 0.388 e. The number of hydrogen-bond acceptors (Lipinski definition) is 4. The van der Waals surface area contributed by atoms with Crippen LogP contribution in [0.4, 0.5) is 0 Å². The van der Waals surface area contributed by atoms with Crippen LogP contribution in [0.1, 0.15) is 32.5 Å². The molecule has 0 saturated heterocycles. The summed E-state index contributed by atoms with van der Waals surface area (Å²) in [7, 11) is 0. The van der Waals surface area contributed by atoms with Crippen LogP contribution in [-0.2, 0) is 13.2 Å². The predicted octanol–water partition coefficient (Wildman–Crippen LogP) is 1.69. The minimum atomic E-state index is -0.0438. The minimum absolute atomic E-state index is 0.0438. The molecule has 0 aromatic carbocycles. The maximum atomic E-state index is 9.09. The highest BCUT2D eigenvalue weighted by Crippen LogP contribution is 2.32. The Bertz CT molecular complexity index is 288. The number of nitrogens with zero attached hydrogens (tertiary/aromatic N) is 3. The van der Waals surface area contributed by atoms with Crippen molar-refractivity contribution in [3.8, 4) is 0 Å². The second-order valence-corrected chi connectivity index (χ2v) is 4.90. The summed E-state index contributed by atoms with van der Waals surface area (Å²) in [5.41, 5.74) is 0. The molecule has 0 aliphatic rings. The van der Waals surface area contributed by atoms with Gasteiger partial charge in [-0.2, -0.15) is 11.8 Å². The van der Waals surface area contributed by atoms with E-state index < -0.39 is 0 Å². The number of aliphatic hydroxyl groups is 1. The van der Waals surface area contributed by atoms with Gasteiger partial charge in [-0.15, -0.1) is 10.2 Å². The second kappa shape index (κ2) is 5.51. The lowest BCUT2D eigenvalue weighted by Gasteiger charge is -2.30. The molecule has 4 nitrogen and oxygen atoms in total. The van der Waals surface area contributed by atoms with Crippen LogP contribution in [0.3, 0.4) is 0 Å². The molecular weight excluding hydrogens is 210 g/mol. The number of aromatic nitrogens is 3. The molecule has 0 radical (unpaired) electrons. The van der Waals surface area contributed by atoms with Gasteiger partial charge in [-0.25, -0.2) is 0 Å². The third kappa shape index (κ3) is 2.72. The van der Waals surface area contributed by atoms with Crippen LogP contribution in [0.5, 0.6) is 0 Å². The van der Waals surface area contributed by atoms with Crippen LogP contribution in [0, 0.1) is 0 Å². The topological polar surface area (TPSA) is 50.9 Å². The Labute approximate surface area is 95.1 Å². The Morgan fingerprint density at radius 2 is 2.13 bits per heavy atom. The normalized spacial score (nSPS) is 12.0. The van der Waals surface area contributed by atoms with Crippen molar-refractivity contribution in [1.82, 2.24) is 14.8 Å². The van der Waals surface area contributed by atoms with E-state index in [1.807, 2.05) is 16.3 Å². The monoisotopic (exact) mass is 229 g/mol. The predicted molar refractivity (Wildman–Crippen MR) is 62.8 cm³/mol. The SMILES string of the molecule is CCC(CC)(Cn1cnnc1CO)SC. The molecule has 1 aromatic rings. The molecule has 1 N–H and O–H groups in total. The Hall–Kier alpha value is -0.550. The first-order valence-corrected chi connectivity index (χ1v) is 6.46. The molecule has 15 heavy (non-hydrogen) atoms. The van der Waals surface area contributed by atoms with E-state index in [9.17, 15) is 0 Å². The molecule has 5 heteroatoms. The molecule has 0 spiro atoms. The molecular formula is C10H19N3OS. The van der Waals surface area contributed by atoms with Crippen LogP contribution in [-0.4, -0.2) is 30.9 Å². The van der Waals surface area contributed by atoms with Gasteiger partial charge in [0.05, 0.1) is 0 Å². The molecule has 1 rings (SSSR count). The second-order valence-electron chi connectivity index (χ2n) is 3.63. The van der Waals surface area contributed by atoms with Gasteiger partial charge in [-0.05, 0) is 19.1 Å². The van der Waals surface area contributed by atoms with E-state index in [4.69, 9.17) is 5.11 Å². The Kier molecular flexibility index (Phi) is 4.60. The van der Waals surface area contributed by atoms with Crippen LogP contribution in [0.2, 0.25) is 0 Å². The van der Waals surface area contributed by atoms with Crippen molar-refractivity contribution in [3.63, 3.8) is 0 Å². The van der Waals surface area contributed by atoms with Crippen molar-refractivity contribution in [3.05, 3.63) is 12.2 Å². The highest BCUT2D eigenvalue weighted by atomic mass is 32.2. The fraction of sp³-hybridized carbons (Fsp3) is 0.800. The Morgan fingerprint density at radius 3 is 2.60 bits per heavy atom. The minimum Gasteiger partial charge on any atom is -0.388 e. The summed E-state index contributed by atoms with van der Waals surface area (Å²) in [6.45, 7) is 5.22. The van der Waals surface area contributed by atoms with Crippen molar-refractivity contribution in [2.45, 2.75) is 44.6 Å². The van der Waals surface area contributed by atoms with Gasteiger partial charge in [0, 0.05) is 11.3 Å². The van der Waals surface area contributed by atoms with E-state index in [1.165, 1.54) is 0 Å². The standard InChI is InChI=1S/C10H19N3OS/c1-4-10(5-2,15-3)7-13-8-11-12-9(13)6-14/h8,14H,4-7H2,1-3H3. The molecule has 0 bridgehead atoms. The van der Waals surface area contributed by atoms with Gasteiger partial charge in [0.1, 0.15) is 12.9 Å². The van der Waals surface area contributed by atoms with E-state index in [1.54, 1.807) is 6.33 Å². The van der Waals surface area contributed by atoms with Crippen LogP contribution in [0.15, 0.2) is 6.33 Å². The lowest BCUT2D eigenvalue weighted by Crippen LogP contribution is -2.29. The zero-order chi connectivity index (χ0) is 11.3. The van der Waals surface area contributed by atoms with E-state index in [-0.39, 0.29) is 11.4 Å². The Balaban J connectivity index is 2.82. The Morgan fingerprint density at radius 1 is 1.47 bits per heavy atom. The molecule has 0 unspecified atom stereocenters. The van der Waals surface area contributed by atoms with Gasteiger partial charge >= 0.3 is 0 Å². The first kappa shape index (κ1) is 12.5. The lowest BCUT2D eigenvalue weighted by atomic mass is 10.0. The van der Waals surface area contributed by atoms with Gasteiger partial charge in [0.2, 0.25) is 0 Å². The van der Waals surface area contributed by atoms with Gasteiger partial charge in [0.15, 0.2) is 5.82 Å². The van der Waals surface area contributed by atoms with Crippen molar-refractivity contribution in [2.24, 2.45) is 0 Å². The number of hydrogen-bond donors (Lipinski definition) is 1. The van der Waals surface area contributed by atoms with E-state index >= 15 is 0 Å². The van der Waals surface area contributed by atoms with Crippen LogP contribution in [0.25, 0.3) is 0 Å².